The van der Waals surface area contributed by atoms with Crippen molar-refractivity contribution in [3.8, 4) is 0 Å². The Bertz CT molecular complexity index is 258. The molecule has 0 fully saturated rings. The summed E-state index contributed by atoms with van der Waals surface area (Å²) in [5.74, 6) is -0.472. The lowest BCUT2D eigenvalue weighted by Gasteiger charge is -2.16. The highest BCUT2D eigenvalue weighted by molar-refractivity contribution is 5.20. The van der Waals surface area contributed by atoms with E-state index in [4.69, 9.17) is 5.11 Å². The van der Waals surface area contributed by atoms with Gasteiger partial charge in [-0.15, -0.1) is 0 Å². The van der Waals surface area contributed by atoms with Crippen molar-refractivity contribution < 1.29 is 14.6 Å². The van der Waals surface area contributed by atoms with Crippen LogP contribution in [0.2, 0.25) is 0 Å². The predicted molar refractivity (Wildman–Crippen MR) is 47.9 cm³/mol. The van der Waals surface area contributed by atoms with E-state index in [1.807, 2.05) is 0 Å². The normalized spacial score (nSPS) is 15.4. The molecule has 2 N–H and O–H groups in total. The van der Waals surface area contributed by atoms with E-state index in [0.717, 1.165) is 5.56 Å². The third kappa shape index (κ3) is 2.50. The van der Waals surface area contributed by atoms with Crippen molar-refractivity contribution >= 4 is 0 Å². The average molecular weight is 184 g/mol. The van der Waals surface area contributed by atoms with Crippen LogP contribution in [-0.4, -0.2) is 22.9 Å². The Kier molecular flexibility index (Phi) is 3.39. The summed E-state index contributed by atoms with van der Waals surface area (Å²) in [5, 5.41) is 18.0. The zero-order valence-electron chi connectivity index (χ0n) is 7.44. The molecule has 72 valence electrons. The molecule has 13 heavy (non-hydrogen) atoms. The van der Waals surface area contributed by atoms with Gasteiger partial charge in [0.1, 0.15) is 5.82 Å². The van der Waals surface area contributed by atoms with Crippen LogP contribution in [0, 0.1) is 5.82 Å². The highest BCUT2D eigenvalue weighted by Gasteiger charge is 2.14. The maximum atomic E-state index is 12.5. The minimum absolute atomic E-state index is 0.175. The highest BCUT2D eigenvalue weighted by Crippen LogP contribution is 2.18. The molecule has 2 nitrogen and oxygen atoms in total. The fourth-order valence-corrected chi connectivity index (χ4v) is 1.15. The highest BCUT2D eigenvalue weighted by atomic mass is 19.1. The van der Waals surface area contributed by atoms with E-state index in [1.54, 1.807) is 19.1 Å². The van der Waals surface area contributed by atoms with Crippen molar-refractivity contribution in [2.75, 3.05) is 6.61 Å². The van der Waals surface area contributed by atoms with Gasteiger partial charge in [-0.3, -0.25) is 0 Å². The van der Waals surface area contributed by atoms with Crippen LogP contribution in [0.5, 0.6) is 0 Å². The lowest BCUT2D eigenvalue weighted by molar-refractivity contribution is 0.0772. The summed E-state index contributed by atoms with van der Waals surface area (Å²) in [4.78, 5) is 0. The minimum atomic E-state index is -0.787. The van der Waals surface area contributed by atoms with E-state index >= 15 is 0 Å². The zero-order chi connectivity index (χ0) is 9.84. The summed E-state index contributed by atoms with van der Waals surface area (Å²) < 4.78 is 12.5. The van der Waals surface area contributed by atoms with Crippen LogP contribution < -0.4 is 0 Å². The first-order valence-corrected chi connectivity index (χ1v) is 4.19. The number of rotatable bonds is 3. The number of hydrogen-bond donors (Lipinski definition) is 2. The smallest absolute Gasteiger partial charge is 0.123 e. The summed E-state index contributed by atoms with van der Waals surface area (Å²) in [6.45, 7) is 1.51. The van der Waals surface area contributed by atoms with Gasteiger partial charge in [-0.1, -0.05) is 19.1 Å². The third-order valence-corrected chi connectivity index (χ3v) is 2.16. The molecule has 0 saturated heterocycles. The first kappa shape index (κ1) is 10.2. The SMILES string of the molecule is C[C@@H](c1ccc(F)cc1)[C@H](O)CO. The Hall–Kier alpha value is -0.930. The Labute approximate surface area is 76.6 Å². The van der Waals surface area contributed by atoms with Crippen LogP contribution in [0.3, 0.4) is 0 Å². The van der Waals surface area contributed by atoms with Crippen molar-refractivity contribution in [3.63, 3.8) is 0 Å². The first-order valence-electron chi connectivity index (χ1n) is 4.19. The summed E-state index contributed by atoms with van der Waals surface area (Å²) in [6.07, 6.45) is -0.787. The molecular weight excluding hydrogens is 171 g/mol. The molecule has 0 unspecified atom stereocenters. The predicted octanol–water partition coefficient (Wildman–Crippen LogP) is 1.28. The quantitative estimate of drug-likeness (QED) is 0.743. The molecule has 0 spiro atoms. The van der Waals surface area contributed by atoms with Gasteiger partial charge in [0.2, 0.25) is 0 Å². The van der Waals surface area contributed by atoms with Gasteiger partial charge in [0, 0.05) is 5.92 Å². The van der Waals surface area contributed by atoms with Crippen molar-refractivity contribution in [1.29, 1.82) is 0 Å². The molecule has 0 aromatic heterocycles. The second-order valence-electron chi connectivity index (χ2n) is 3.09. The summed E-state index contributed by atoms with van der Waals surface area (Å²) >= 11 is 0. The van der Waals surface area contributed by atoms with Crippen LogP contribution in [0.15, 0.2) is 24.3 Å². The van der Waals surface area contributed by atoms with Crippen LogP contribution in [0.1, 0.15) is 18.4 Å². The summed E-state index contributed by atoms with van der Waals surface area (Å²) in [5.41, 5.74) is 0.822. The van der Waals surface area contributed by atoms with E-state index < -0.39 is 6.10 Å². The average Bonchev–Trinajstić information content (AvgIpc) is 2.17. The number of halogens is 1. The van der Waals surface area contributed by atoms with Gasteiger partial charge < -0.3 is 10.2 Å². The second-order valence-corrected chi connectivity index (χ2v) is 3.09. The molecule has 1 aromatic rings. The molecule has 0 amide bonds. The molecule has 0 heterocycles. The fourth-order valence-electron chi connectivity index (χ4n) is 1.15. The Balaban J connectivity index is 2.77. The Morgan fingerprint density at radius 2 is 1.85 bits per heavy atom. The maximum absolute atomic E-state index is 12.5. The summed E-state index contributed by atoms with van der Waals surface area (Å²) in [7, 11) is 0. The number of aliphatic hydroxyl groups excluding tert-OH is 2. The molecule has 2 atom stereocenters. The van der Waals surface area contributed by atoms with Gasteiger partial charge in [0.25, 0.3) is 0 Å². The van der Waals surface area contributed by atoms with Gasteiger partial charge in [0.15, 0.2) is 0 Å². The maximum Gasteiger partial charge on any atom is 0.123 e. The third-order valence-electron chi connectivity index (χ3n) is 2.16. The van der Waals surface area contributed by atoms with Crippen molar-refractivity contribution in [1.82, 2.24) is 0 Å². The minimum Gasteiger partial charge on any atom is -0.394 e. The topological polar surface area (TPSA) is 40.5 Å². The van der Waals surface area contributed by atoms with Crippen molar-refractivity contribution in [2.24, 2.45) is 0 Å². The second kappa shape index (κ2) is 4.35. The van der Waals surface area contributed by atoms with Crippen LogP contribution in [0.25, 0.3) is 0 Å². The molecule has 0 aliphatic rings. The standard InChI is InChI=1S/C10H13FO2/c1-7(10(13)6-12)8-2-4-9(11)5-3-8/h2-5,7,10,12-13H,6H2,1H3/t7-,10+/m0/s1. The molecule has 0 saturated carbocycles. The van der Waals surface area contributed by atoms with Gasteiger partial charge in [-0.05, 0) is 17.7 Å². The monoisotopic (exact) mass is 184 g/mol. The van der Waals surface area contributed by atoms with Crippen LogP contribution in [-0.2, 0) is 0 Å². The molecule has 0 bridgehead atoms. The van der Waals surface area contributed by atoms with Gasteiger partial charge in [0.05, 0.1) is 12.7 Å². The molecule has 0 aliphatic carbocycles. The van der Waals surface area contributed by atoms with Crippen LogP contribution in [0.4, 0.5) is 4.39 Å². The van der Waals surface area contributed by atoms with E-state index in [-0.39, 0.29) is 18.3 Å². The number of benzene rings is 1. The molecule has 1 rings (SSSR count). The zero-order valence-corrected chi connectivity index (χ0v) is 7.44. The van der Waals surface area contributed by atoms with Crippen molar-refractivity contribution in [2.45, 2.75) is 18.9 Å². The molecular formula is C10H13FO2. The van der Waals surface area contributed by atoms with Crippen LogP contribution >= 0.6 is 0 Å². The molecule has 3 heteroatoms. The van der Waals surface area contributed by atoms with E-state index in [1.165, 1.54) is 12.1 Å². The number of hydrogen-bond acceptors (Lipinski definition) is 2. The first-order chi connectivity index (χ1) is 6.15. The molecule has 0 radical (unpaired) electrons. The number of aliphatic hydroxyl groups is 2. The fraction of sp³-hybridized carbons (Fsp3) is 0.400. The van der Waals surface area contributed by atoms with E-state index in [2.05, 4.69) is 0 Å². The van der Waals surface area contributed by atoms with E-state index in [0.29, 0.717) is 0 Å². The van der Waals surface area contributed by atoms with Crippen molar-refractivity contribution in [3.05, 3.63) is 35.6 Å². The van der Waals surface area contributed by atoms with E-state index in [9.17, 15) is 9.50 Å². The molecule has 1 aromatic carbocycles. The Morgan fingerprint density at radius 1 is 1.31 bits per heavy atom. The lowest BCUT2D eigenvalue weighted by atomic mass is 9.96. The lowest BCUT2D eigenvalue weighted by Crippen LogP contribution is -2.19. The largest absolute Gasteiger partial charge is 0.394 e. The summed E-state index contributed by atoms with van der Waals surface area (Å²) in [6, 6.07) is 5.91. The van der Waals surface area contributed by atoms with Gasteiger partial charge in [-0.25, -0.2) is 4.39 Å². The Morgan fingerprint density at radius 3 is 2.31 bits per heavy atom. The van der Waals surface area contributed by atoms with Gasteiger partial charge in [-0.2, -0.15) is 0 Å². The van der Waals surface area contributed by atoms with Gasteiger partial charge >= 0.3 is 0 Å². The molecule has 0 aliphatic heterocycles.